The molecule has 1 aromatic heterocycles. The first-order valence-corrected chi connectivity index (χ1v) is 11.1. The summed E-state index contributed by atoms with van der Waals surface area (Å²) < 4.78 is 2.47. The van der Waals surface area contributed by atoms with Gasteiger partial charge in [0.15, 0.2) is 0 Å². The highest BCUT2D eigenvalue weighted by Crippen LogP contribution is 2.46. The molecule has 0 N–H and O–H groups in total. The number of anilines is 1. The van der Waals surface area contributed by atoms with E-state index < -0.39 is 0 Å². The molecule has 0 fully saturated rings. The van der Waals surface area contributed by atoms with Crippen molar-refractivity contribution in [3.63, 3.8) is 0 Å². The van der Waals surface area contributed by atoms with Crippen molar-refractivity contribution in [3.8, 4) is 0 Å². The Bertz CT molecular complexity index is 1060. The van der Waals surface area contributed by atoms with Gasteiger partial charge in [0, 0.05) is 41.5 Å². The molecule has 0 unspecified atom stereocenters. The van der Waals surface area contributed by atoms with Crippen LogP contribution in [0.15, 0.2) is 58.5 Å². The molecular weight excluding hydrogens is 487 g/mol. The number of hydrogen-bond acceptors (Lipinski definition) is 2. The zero-order valence-corrected chi connectivity index (χ0v) is 20.7. The number of hydrogen-bond donors (Lipinski definition) is 0. The predicted molar refractivity (Wildman–Crippen MR) is 122 cm³/mol. The number of rotatable bonds is 5. The van der Waals surface area contributed by atoms with E-state index in [0.717, 1.165) is 25.9 Å². The smallest absolute Gasteiger partial charge is 0.212 e. The van der Waals surface area contributed by atoms with Gasteiger partial charge in [-0.3, -0.25) is 0 Å². The fraction of sp³-hybridized carbons (Fsp3) is 0.320. The lowest BCUT2D eigenvalue weighted by atomic mass is 10.1. The summed E-state index contributed by atoms with van der Waals surface area (Å²) in [7, 11) is 0. The van der Waals surface area contributed by atoms with Gasteiger partial charge in [-0.05, 0) is 50.1 Å². The Morgan fingerprint density at radius 2 is 1.69 bits per heavy atom. The standard InChI is InChI=1S/C25H29N2S.HI/c1-5-13-26-21(10-9-20-15-18(3)7-11-22(20)26)17-25-27(14-6-2)23-16-19(4)8-12-24(23)28-25;/h7-12,15-17H,5-6,13-14H2,1-4H3;1H/q+1;/p-1. The Hall–Kier alpha value is -1.53. The number of pyridine rings is 1. The van der Waals surface area contributed by atoms with Crippen LogP contribution in [0.2, 0.25) is 0 Å². The SMILES string of the molecule is CCCN1/C(=C/c2ccc3cc(C)ccc3[n+]2CCC)Sc2ccc(C)cc21.[I-]. The van der Waals surface area contributed by atoms with E-state index in [9.17, 15) is 0 Å². The van der Waals surface area contributed by atoms with Crippen molar-refractivity contribution in [2.75, 3.05) is 11.4 Å². The Morgan fingerprint density at radius 1 is 0.931 bits per heavy atom. The van der Waals surface area contributed by atoms with Gasteiger partial charge in [0.1, 0.15) is 6.54 Å². The molecule has 152 valence electrons. The van der Waals surface area contributed by atoms with Crippen LogP contribution in [-0.4, -0.2) is 6.54 Å². The minimum absolute atomic E-state index is 0. The van der Waals surface area contributed by atoms with Crippen LogP contribution in [-0.2, 0) is 6.54 Å². The van der Waals surface area contributed by atoms with Crippen molar-refractivity contribution in [3.05, 3.63) is 70.4 Å². The highest BCUT2D eigenvalue weighted by molar-refractivity contribution is 8.03. The molecule has 1 aliphatic heterocycles. The molecular formula is C25H29IN2S. The van der Waals surface area contributed by atoms with Crippen LogP contribution in [0, 0.1) is 13.8 Å². The fourth-order valence-corrected chi connectivity index (χ4v) is 5.07. The number of halogens is 1. The van der Waals surface area contributed by atoms with Crippen LogP contribution in [0.25, 0.3) is 17.0 Å². The average molecular weight is 516 g/mol. The van der Waals surface area contributed by atoms with E-state index in [1.807, 2.05) is 11.8 Å². The zero-order chi connectivity index (χ0) is 19.7. The lowest BCUT2D eigenvalue weighted by Crippen LogP contribution is -3.00. The van der Waals surface area contributed by atoms with Crippen LogP contribution in [0.3, 0.4) is 0 Å². The third kappa shape index (κ3) is 4.48. The van der Waals surface area contributed by atoms with Crippen LogP contribution in [0.5, 0.6) is 0 Å². The summed E-state index contributed by atoms with van der Waals surface area (Å²) in [6.45, 7) is 10.9. The lowest BCUT2D eigenvalue weighted by Gasteiger charge is -2.19. The molecule has 2 heterocycles. The van der Waals surface area contributed by atoms with Gasteiger partial charge in [-0.1, -0.05) is 43.3 Å². The van der Waals surface area contributed by atoms with Gasteiger partial charge in [-0.2, -0.15) is 4.57 Å². The minimum Gasteiger partial charge on any atom is -1.00 e. The Balaban J connectivity index is 0.00000240. The van der Waals surface area contributed by atoms with Crippen molar-refractivity contribution >= 4 is 34.4 Å². The summed E-state index contributed by atoms with van der Waals surface area (Å²) >= 11 is 1.90. The summed E-state index contributed by atoms with van der Waals surface area (Å²) in [5, 5.41) is 2.65. The van der Waals surface area contributed by atoms with E-state index >= 15 is 0 Å². The van der Waals surface area contributed by atoms with Crippen molar-refractivity contribution in [2.45, 2.75) is 52.0 Å². The first kappa shape index (κ1) is 22.2. The van der Waals surface area contributed by atoms with E-state index in [-0.39, 0.29) is 24.0 Å². The topological polar surface area (TPSA) is 7.12 Å². The summed E-state index contributed by atoms with van der Waals surface area (Å²) in [4.78, 5) is 3.85. The quantitative estimate of drug-likeness (QED) is 0.379. The Labute approximate surface area is 196 Å². The molecule has 2 nitrogen and oxygen atoms in total. The summed E-state index contributed by atoms with van der Waals surface area (Å²) in [6.07, 6.45) is 4.64. The van der Waals surface area contributed by atoms with Crippen LogP contribution in [0.1, 0.15) is 43.5 Å². The molecule has 4 rings (SSSR count). The fourth-order valence-electron chi connectivity index (χ4n) is 3.96. The normalized spacial score (nSPS) is 14.3. The molecule has 1 aliphatic rings. The molecule has 0 radical (unpaired) electrons. The molecule has 0 saturated carbocycles. The summed E-state index contributed by atoms with van der Waals surface area (Å²) in [5.74, 6) is 0. The summed E-state index contributed by atoms with van der Waals surface area (Å²) in [5.41, 5.74) is 6.60. The molecule has 2 aromatic carbocycles. The number of fused-ring (bicyclic) bond motifs is 2. The van der Waals surface area contributed by atoms with Crippen molar-refractivity contribution in [1.82, 2.24) is 0 Å². The van der Waals surface area contributed by atoms with Gasteiger partial charge in [0.05, 0.1) is 10.7 Å². The van der Waals surface area contributed by atoms with E-state index in [1.165, 1.54) is 43.3 Å². The first-order chi connectivity index (χ1) is 13.6. The maximum Gasteiger partial charge on any atom is 0.212 e. The molecule has 0 bridgehead atoms. The second-order valence-electron chi connectivity index (χ2n) is 7.68. The third-order valence-corrected chi connectivity index (χ3v) is 6.38. The van der Waals surface area contributed by atoms with Crippen LogP contribution in [0.4, 0.5) is 5.69 Å². The number of nitrogens with zero attached hydrogens (tertiary/aromatic N) is 2. The van der Waals surface area contributed by atoms with Crippen LogP contribution >= 0.6 is 11.8 Å². The molecule has 3 aromatic rings. The lowest BCUT2D eigenvalue weighted by molar-refractivity contribution is -0.673. The number of thioether (sulfide) groups is 1. The van der Waals surface area contributed by atoms with E-state index in [2.05, 4.69) is 91.8 Å². The van der Waals surface area contributed by atoms with Crippen molar-refractivity contribution in [1.29, 1.82) is 0 Å². The minimum atomic E-state index is 0. The summed E-state index contributed by atoms with van der Waals surface area (Å²) in [6, 6.07) is 18.1. The second-order valence-corrected chi connectivity index (χ2v) is 8.74. The Morgan fingerprint density at radius 3 is 2.45 bits per heavy atom. The average Bonchev–Trinajstić information content (AvgIpc) is 3.00. The highest BCUT2D eigenvalue weighted by atomic mass is 127. The zero-order valence-electron chi connectivity index (χ0n) is 17.7. The molecule has 0 saturated heterocycles. The van der Waals surface area contributed by atoms with Gasteiger partial charge in [-0.15, -0.1) is 0 Å². The van der Waals surface area contributed by atoms with Gasteiger partial charge >= 0.3 is 0 Å². The third-order valence-electron chi connectivity index (χ3n) is 5.27. The molecule has 29 heavy (non-hydrogen) atoms. The van der Waals surface area contributed by atoms with Crippen LogP contribution < -0.4 is 33.4 Å². The second kappa shape index (κ2) is 9.52. The first-order valence-electron chi connectivity index (χ1n) is 10.3. The molecule has 0 amide bonds. The number of aromatic nitrogens is 1. The maximum atomic E-state index is 2.49. The largest absolute Gasteiger partial charge is 1.00 e. The predicted octanol–water partition coefficient (Wildman–Crippen LogP) is 3.48. The number of benzene rings is 2. The van der Waals surface area contributed by atoms with Gasteiger partial charge in [0.25, 0.3) is 0 Å². The monoisotopic (exact) mass is 516 g/mol. The molecule has 0 aliphatic carbocycles. The van der Waals surface area contributed by atoms with Gasteiger partial charge in [-0.25, -0.2) is 0 Å². The maximum absolute atomic E-state index is 2.49. The van der Waals surface area contributed by atoms with Gasteiger partial charge < -0.3 is 28.9 Å². The molecule has 4 heteroatoms. The number of aryl methyl sites for hydroxylation is 3. The molecule has 0 atom stereocenters. The highest BCUT2D eigenvalue weighted by Gasteiger charge is 2.26. The van der Waals surface area contributed by atoms with Gasteiger partial charge in [0.2, 0.25) is 11.2 Å². The Kier molecular flexibility index (Phi) is 7.28. The molecule has 0 spiro atoms. The van der Waals surface area contributed by atoms with E-state index in [1.54, 1.807) is 0 Å². The van der Waals surface area contributed by atoms with Crippen molar-refractivity contribution in [2.24, 2.45) is 0 Å². The van der Waals surface area contributed by atoms with Crippen molar-refractivity contribution < 1.29 is 28.5 Å². The van der Waals surface area contributed by atoms with E-state index in [0.29, 0.717) is 0 Å². The van der Waals surface area contributed by atoms with E-state index in [4.69, 9.17) is 0 Å².